The fourth-order valence-corrected chi connectivity index (χ4v) is 4.35. The van der Waals surface area contributed by atoms with E-state index in [-0.39, 0.29) is 16.4 Å². The number of allylic oxidation sites excluding steroid dienone is 2. The maximum Gasteiger partial charge on any atom is 0.256 e. The van der Waals surface area contributed by atoms with Crippen molar-refractivity contribution in [3.05, 3.63) is 72.1 Å². The van der Waals surface area contributed by atoms with Crippen molar-refractivity contribution in [2.75, 3.05) is 6.61 Å². The lowest BCUT2D eigenvalue weighted by atomic mass is 9.70. The molecular weight excluding hydrogens is 360 g/mol. The Labute approximate surface area is 160 Å². The smallest absolute Gasteiger partial charge is 0.256 e. The van der Waals surface area contributed by atoms with Gasteiger partial charge in [-0.25, -0.2) is 18.5 Å². The molecule has 1 aliphatic heterocycles. The lowest BCUT2D eigenvalue weighted by molar-refractivity contribution is 0.247. The molecule has 1 unspecified atom stereocenters. The summed E-state index contributed by atoms with van der Waals surface area (Å²) in [6.45, 7) is 6.84. The van der Waals surface area contributed by atoms with Crippen molar-refractivity contribution in [3.8, 4) is 11.1 Å². The number of benzene rings is 1. The molecule has 142 valence electrons. The Bertz CT molecular complexity index is 988. The molecule has 1 aromatic heterocycles. The van der Waals surface area contributed by atoms with Crippen LogP contribution in [0.4, 0.5) is 0 Å². The lowest BCUT2D eigenvalue weighted by Crippen LogP contribution is -2.25. The maximum absolute atomic E-state index is 12.3. The second-order valence-corrected chi connectivity index (χ2v) is 9.15. The topological polar surface area (TPSA) is 82.3 Å². The molecule has 0 amide bonds. The van der Waals surface area contributed by atoms with E-state index in [0.717, 1.165) is 16.7 Å². The number of sulfonamides is 1. The molecule has 2 heterocycles. The molecule has 0 saturated heterocycles. The summed E-state index contributed by atoms with van der Waals surface area (Å²) in [5.74, 6) is -0.0684. The van der Waals surface area contributed by atoms with Crippen LogP contribution >= 0.6 is 0 Å². The van der Waals surface area contributed by atoms with E-state index in [1.54, 1.807) is 6.26 Å². The van der Waals surface area contributed by atoms with Crippen molar-refractivity contribution in [2.45, 2.75) is 31.7 Å². The van der Waals surface area contributed by atoms with Gasteiger partial charge in [-0.3, -0.25) is 0 Å². The predicted molar refractivity (Wildman–Crippen MR) is 106 cm³/mol. The minimum atomic E-state index is -3.99. The fraction of sp³-hybridized carbons (Fsp3) is 0.286. The maximum atomic E-state index is 12.3. The first-order chi connectivity index (χ1) is 12.7. The van der Waals surface area contributed by atoms with Gasteiger partial charge in [-0.2, -0.15) is 0 Å². The molecule has 0 radical (unpaired) electrons. The van der Waals surface area contributed by atoms with Gasteiger partial charge in [0.25, 0.3) is 10.0 Å². The molecule has 0 fully saturated rings. The van der Waals surface area contributed by atoms with Crippen LogP contribution in [0.3, 0.4) is 0 Å². The highest BCUT2D eigenvalue weighted by molar-refractivity contribution is 7.89. The predicted octanol–water partition coefficient (Wildman–Crippen LogP) is 4.00. The average Bonchev–Trinajstić information content (AvgIpc) is 2.61. The number of aromatic nitrogens is 1. The molecule has 0 bridgehead atoms. The monoisotopic (exact) mass is 384 g/mol. The van der Waals surface area contributed by atoms with E-state index in [2.05, 4.69) is 25.8 Å². The van der Waals surface area contributed by atoms with Crippen molar-refractivity contribution < 1.29 is 13.2 Å². The van der Waals surface area contributed by atoms with Gasteiger partial charge in [-0.05, 0) is 34.3 Å². The molecule has 2 aromatic rings. The van der Waals surface area contributed by atoms with Gasteiger partial charge in [0.2, 0.25) is 0 Å². The van der Waals surface area contributed by atoms with E-state index in [4.69, 9.17) is 9.88 Å². The summed E-state index contributed by atoms with van der Waals surface area (Å²) >= 11 is 0. The highest BCUT2D eigenvalue weighted by Crippen LogP contribution is 2.46. The van der Waals surface area contributed by atoms with Crippen LogP contribution in [0.1, 0.15) is 32.3 Å². The van der Waals surface area contributed by atoms with Gasteiger partial charge < -0.3 is 4.74 Å². The van der Waals surface area contributed by atoms with Gasteiger partial charge in [0.1, 0.15) is 6.61 Å². The Morgan fingerprint density at radius 3 is 2.41 bits per heavy atom. The molecule has 1 atom stereocenters. The van der Waals surface area contributed by atoms with Crippen molar-refractivity contribution in [2.24, 2.45) is 10.6 Å². The van der Waals surface area contributed by atoms with E-state index in [1.807, 2.05) is 48.6 Å². The molecule has 0 aliphatic carbocycles. The van der Waals surface area contributed by atoms with Crippen molar-refractivity contribution in [1.29, 1.82) is 0 Å². The molecule has 5 nitrogen and oxygen atoms in total. The molecule has 27 heavy (non-hydrogen) atoms. The van der Waals surface area contributed by atoms with Crippen molar-refractivity contribution in [1.82, 2.24) is 4.98 Å². The number of pyridine rings is 1. The third kappa shape index (κ3) is 4.12. The van der Waals surface area contributed by atoms with Crippen molar-refractivity contribution in [3.63, 3.8) is 0 Å². The first-order valence-corrected chi connectivity index (χ1v) is 10.3. The van der Waals surface area contributed by atoms with Gasteiger partial charge in [0.15, 0.2) is 5.03 Å². The third-order valence-electron chi connectivity index (χ3n) is 4.56. The zero-order chi connectivity index (χ0) is 19.7. The van der Waals surface area contributed by atoms with Gasteiger partial charge in [-0.1, -0.05) is 57.2 Å². The van der Waals surface area contributed by atoms with Crippen molar-refractivity contribution >= 4 is 10.0 Å². The molecule has 1 aliphatic rings. The van der Waals surface area contributed by atoms with E-state index < -0.39 is 10.0 Å². The normalized spacial score (nSPS) is 15.8. The second-order valence-electron chi connectivity index (χ2n) is 7.67. The van der Waals surface area contributed by atoms with Crippen LogP contribution in [0.5, 0.6) is 0 Å². The van der Waals surface area contributed by atoms with Gasteiger partial charge in [0, 0.05) is 17.7 Å². The number of rotatable bonds is 4. The Balaban J connectivity index is 2.34. The summed E-state index contributed by atoms with van der Waals surface area (Å²) < 4.78 is 30.1. The molecule has 6 heteroatoms. The van der Waals surface area contributed by atoms with Gasteiger partial charge in [-0.15, -0.1) is 0 Å². The summed E-state index contributed by atoms with van der Waals surface area (Å²) in [7, 11) is -3.99. The zero-order valence-corrected chi connectivity index (χ0v) is 16.5. The van der Waals surface area contributed by atoms with Crippen LogP contribution < -0.4 is 5.14 Å². The fourth-order valence-electron chi connectivity index (χ4n) is 3.62. The molecular formula is C21H24N2O3S. The number of ether oxygens (including phenoxy) is 1. The van der Waals surface area contributed by atoms with Crippen LogP contribution in [0.15, 0.2) is 71.6 Å². The molecule has 2 N–H and O–H groups in total. The second kappa shape index (κ2) is 7.29. The Morgan fingerprint density at radius 2 is 1.85 bits per heavy atom. The standard InChI is InChI=1S/C21H24N2O3S/c1-21(2,3)19(16-10-7-13-26-14-16)17-11-12-23-20(27(22,24)25)18(17)15-8-5-4-6-9-15/h4-13,19H,14H2,1-3H3,(H2,22,24,25). The Kier molecular flexibility index (Phi) is 5.22. The summed E-state index contributed by atoms with van der Waals surface area (Å²) in [5, 5.41) is 5.41. The number of nitrogens with zero attached hydrogens (tertiary/aromatic N) is 1. The summed E-state index contributed by atoms with van der Waals surface area (Å²) in [6.07, 6.45) is 7.07. The number of hydrogen-bond donors (Lipinski definition) is 1. The van der Waals surface area contributed by atoms with E-state index in [0.29, 0.717) is 12.2 Å². The highest BCUT2D eigenvalue weighted by Gasteiger charge is 2.34. The number of hydrogen-bond acceptors (Lipinski definition) is 4. The first-order valence-electron chi connectivity index (χ1n) is 8.74. The highest BCUT2D eigenvalue weighted by atomic mass is 32.2. The average molecular weight is 385 g/mol. The Hall–Kier alpha value is -2.44. The number of nitrogens with two attached hydrogens (primary N) is 1. The van der Waals surface area contributed by atoms with Crippen LogP contribution in [-0.2, 0) is 14.8 Å². The van der Waals surface area contributed by atoms with Crippen LogP contribution in [0.2, 0.25) is 0 Å². The van der Waals surface area contributed by atoms with Gasteiger partial charge >= 0.3 is 0 Å². The molecule has 3 rings (SSSR count). The largest absolute Gasteiger partial charge is 0.497 e. The van der Waals surface area contributed by atoms with Crippen LogP contribution in [-0.4, -0.2) is 20.0 Å². The van der Waals surface area contributed by atoms with E-state index >= 15 is 0 Å². The van der Waals surface area contributed by atoms with Gasteiger partial charge in [0.05, 0.1) is 6.26 Å². The SMILES string of the molecule is CC(C)(C)C(C1=CC=COC1)c1ccnc(S(N)(=O)=O)c1-c1ccccc1. The molecule has 0 saturated carbocycles. The lowest BCUT2D eigenvalue weighted by Gasteiger charge is -2.35. The quantitative estimate of drug-likeness (QED) is 0.864. The summed E-state index contributed by atoms with van der Waals surface area (Å²) in [6, 6.07) is 11.3. The minimum absolute atomic E-state index is 0.0684. The first kappa shape index (κ1) is 19.3. The van der Waals surface area contributed by atoms with E-state index in [1.165, 1.54) is 6.20 Å². The zero-order valence-electron chi connectivity index (χ0n) is 15.7. The molecule has 0 spiro atoms. The molecule has 1 aromatic carbocycles. The third-order valence-corrected chi connectivity index (χ3v) is 5.41. The van der Waals surface area contributed by atoms with Crippen LogP contribution in [0.25, 0.3) is 11.1 Å². The summed E-state index contributed by atoms with van der Waals surface area (Å²) in [4.78, 5) is 4.12. The number of primary sulfonamides is 1. The van der Waals surface area contributed by atoms with Crippen LogP contribution in [0, 0.1) is 5.41 Å². The summed E-state index contributed by atoms with van der Waals surface area (Å²) in [5.41, 5.74) is 3.09. The van der Waals surface area contributed by atoms with E-state index in [9.17, 15) is 8.42 Å². The minimum Gasteiger partial charge on any atom is -0.497 e. The Morgan fingerprint density at radius 1 is 1.15 bits per heavy atom.